The van der Waals surface area contributed by atoms with Gasteiger partial charge in [-0.1, -0.05) is 91.7 Å². The average Bonchev–Trinajstić information content (AvgIpc) is 3.08. The number of carbonyl (C=O) groups excluding carboxylic acids is 2. The summed E-state index contributed by atoms with van der Waals surface area (Å²) in [4.78, 5) is 30.2. The predicted octanol–water partition coefficient (Wildman–Crippen LogP) is 5.93. The van der Waals surface area contributed by atoms with Gasteiger partial charge in [0.05, 0.1) is 24.8 Å². The van der Waals surface area contributed by atoms with E-state index in [1.165, 1.54) is 37.3 Å². The van der Waals surface area contributed by atoms with Crippen LogP contribution in [-0.2, 0) is 32.6 Å². The van der Waals surface area contributed by atoms with Crippen LogP contribution in [0.25, 0.3) is 0 Å². The Morgan fingerprint density at radius 2 is 1.42 bits per heavy atom. The maximum atomic E-state index is 14.7. The maximum Gasteiger partial charge on any atom is 0.264 e. The molecule has 4 aromatic rings. The largest absolute Gasteiger partial charge is 0.497 e. The third-order valence-corrected chi connectivity index (χ3v) is 9.75. The lowest BCUT2D eigenvalue weighted by Crippen LogP contribution is -2.53. The molecule has 1 N–H and O–H groups in total. The van der Waals surface area contributed by atoms with Crippen LogP contribution in [0, 0.1) is 19.8 Å². The minimum Gasteiger partial charge on any atom is -0.497 e. The molecule has 1 atom stereocenters. The van der Waals surface area contributed by atoms with Crippen molar-refractivity contribution >= 4 is 27.5 Å². The number of nitrogens with one attached hydrogen (secondary N) is 1. The number of rotatable bonds is 15. The number of nitrogens with zero attached hydrogens (tertiary/aromatic N) is 2. The standard InChI is InChI=1S/C38H45N3O6S/c1-27(2)24-39-38(43)35(22-30-10-8-7-9-11-30)40(25-31-16-12-28(3)13-17-31)37(42)26-41(34-23-32(46-5)18-21-36(34)47-6)48(44,45)33-19-14-29(4)15-20-33/h7-21,23,27,35H,22,24-26H2,1-6H3,(H,39,43). The smallest absolute Gasteiger partial charge is 0.264 e. The molecule has 0 fully saturated rings. The number of hydrogen-bond acceptors (Lipinski definition) is 6. The lowest BCUT2D eigenvalue weighted by atomic mass is 10.0. The molecule has 2 amide bonds. The van der Waals surface area contributed by atoms with Gasteiger partial charge in [0.1, 0.15) is 24.1 Å². The Labute approximate surface area is 284 Å². The average molecular weight is 672 g/mol. The number of ether oxygens (including phenoxy) is 2. The van der Waals surface area contributed by atoms with Crippen molar-refractivity contribution in [2.75, 3.05) is 31.6 Å². The molecule has 0 bridgehead atoms. The summed E-state index contributed by atoms with van der Waals surface area (Å²) in [5, 5.41) is 3.01. The van der Waals surface area contributed by atoms with Crippen LogP contribution in [0.15, 0.2) is 102 Å². The van der Waals surface area contributed by atoms with Crippen LogP contribution in [0.3, 0.4) is 0 Å². The fraction of sp³-hybridized carbons (Fsp3) is 0.316. The van der Waals surface area contributed by atoms with Gasteiger partial charge >= 0.3 is 0 Å². The molecule has 4 rings (SSSR count). The van der Waals surface area contributed by atoms with Gasteiger partial charge in [-0.3, -0.25) is 13.9 Å². The van der Waals surface area contributed by atoms with E-state index in [9.17, 15) is 18.0 Å². The zero-order valence-corrected chi connectivity index (χ0v) is 29.3. The monoisotopic (exact) mass is 671 g/mol. The lowest BCUT2D eigenvalue weighted by molar-refractivity contribution is -0.140. The Morgan fingerprint density at radius 1 is 0.792 bits per heavy atom. The van der Waals surface area contributed by atoms with Gasteiger partial charge in [-0.25, -0.2) is 8.42 Å². The first-order valence-electron chi connectivity index (χ1n) is 15.9. The van der Waals surface area contributed by atoms with Gasteiger partial charge in [-0.15, -0.1) is 0 Å². The van der Waals surface area contributed by atoms with Crippen molar-refractivity contribution in [3.63, 3.8) is 0 Å². The normalized spacial score (nSPS) is 11.9. The van der Waals surface area contributed by atoms with Crippen molar-refractivity contribution in [2.45, 2.75) is 51.6 Å². The Bertz CT molecular complexity index is 1780. The number of hydrogen-bond donors (Lipinski definition) is 1. The maximum absolute atomic E-state index is 14.7. The quantitative estimate of drug-likeness (QED) is 0.168. The van der Waals surface area contributed by atoms with E-state index in [1.807, 2.05) is 82.3 Å². The van der Waals surface area contributed by atoms with E-state index in [4.69, 9.17) is 9.47 Å². The molecule has 1 unspecified atom stereocenters. The molecule has 10 heteroatoms. The summed E-state index contributed by atoms with van der Waals surface area (Å²) in [6.45, 7) is 7.73. The lowest BCUT2D eigenvalue weighted by Gasteiger charge is -2.34. The molecular weight excluding hydrogens is 627 g/mol. The van der Waals surface area contributed by atoms with Gasteiger partial charge in [0.25, 0.3) is 10.0 Å². The first-order chi connectivity index (χ1) is 22.9. The van der Waals surface area contributed by atoms with E-state index in [0.29, 0.717) is 12.3 Å². The van der Waals surface area contributed by atoms with E-state index in [-0.39, 0.29) is 41.1 Å². The van der Waals surface area contributed by atoms with Crippen LogP contribution in [0.4, 0.5) is 5.69 Å². The first-order valence-corrected chi connectivity index (χ1v) is 17.3. The minimum atomic E-state index is -4.31. The highest BCUT2D eigenvalue weighted by molar-refractivity contribution is 7.92. The second-order valence-corrected chi connectivity index (χ2v) is 14.1. The molecule has 0 aliphatic heterocycles. The fourth-order valence-corrected chi connectivity index (χ4v) is 6.63. The van der Waals surface area contributed by atoms with Crippen LogP contribution in [-0.4, -0.2) is 58.5 Å². The summed E-state index contributed by atoms with van der Waals surface area (Å²) in [6, 6.07) is 27.4. The number of sulfonamides is 1. The number of anilines is 1. The Kier molecular flexibility index (Phi) is 12.2. The number of carbonyl (C=O) groups is 2. The third-order valence-electron chi connectivity index (χ3n) is 7.97. The van der Waals surface area contributed by atoms with Crippen molar-refractivity contribution < 1.29 is 27.5 Å². The molecule has 4 aromatic carbocycles. The summed E-state index contributed by atoms with van der Waals surface area (Å²) < 4.78 is 40.9. The van der Waals surface area contributed by atoms with Crippen molar-refractivity contribution in [1.29, 1.82) is 0 Å². The van der Waals surface area contributed by atoms with E-state index < -0.39 is 28.5 Å². The topological polar surface area (TPSA) is 105 Å². The Hall–Kier alpha value is -4.83. The van der Waals surface area contributed by atoms with Gasteiger partial charge in [-0.05, 0) is 55.2 Å². The molecule has 0 aliphatic rings. The zero-order valence-electron chi connectivity index (χ0n) is 28.5. The Morgan fingerprint density at radius 3 is 2.00 bits per heavy atom. The van der Waals surface area contributed by atoms with Gasteiger partial charge < -0.3 is 19.7 Å². The van der Waals surface area contributed by atoms with Crippen LogP contribution >= 0.6 is 0 Å². The van der Waals surface area contributed by atoms with Crippen LogP contribution in [0.5, 0.6) is 11.5 Å². The second kappa shape index (κ2) is 16.3. The van der Waals surface area contributed by atoms with Crippen molar-refractivity contribution in [3.05, 3.63) is 119 Å². The summed E-state index contributed by atoms with van der Waals surface area (Å²) >= 11 is 0. The molecular formula is C38H45N3O6S. The molecule has 48 heavy (non-hydrogen) atoms. The van der Waals surface area contributed by atoms with Crippen molar-refractivity contribution in [3.8, 4) is 11.5 Å². The van der Waals surface area contributed by atoms with Crippen LogP contribution in [0.2, 0.25) is 0 Å². The molecule has 0 saturated carbocycles. The van der Waals surface area contributed by atoms with Crippen molar-refractivity contribution in [2.24, 2.45) is 5.92 Å². The fourth-order valence-electron chi connectivity index (χ4n) is 5.21. The summed E-state index contributed by atoms with van der Waals surface area (Å²) in [6.07, 6.45) is 0.232. The van der Waals surface area contributed by atoms with E-state index in [1.54, 1.807) is 24.3 Å². The number of amides is 2. The highest BCUT2D eigenvalue weighted by atomic mass is 32.2. The summed E-state index contributed by atoms with van der Waals surface area (Å²) in [5.74, 6) is -0.0753. The molecule has 0 aromatic heterocycles. The van der Waals surface area contributed by atoms with E-state index >= 15 is 0 Å². The Balaban J connectivity index is 1.86. The molecule has 254 valence electrons. The molecule has 0 heterocycles. The predicted molar refractivity (Wildman–Crippen MR) is 189 cm³/mol. The molecule has 9 nitrogen and oxygen atoms in total. The van der Waals surface area contributed by atoms with Crippen LogP contribution in [0.1, 0.15) is 36.1 Å². The summed E-state index contributed by atoms with van der Waals surface area (Å²) in [5.41, 5.74) is 3.73. The van der Waals surface area contributed by atoms with Gasteiger partial charge in [0, 0.05) is 25.6 Å². The SMILES string of the molecule is COc1ccc(OC)c(N(CC(=O)N(Cc2ccc(C)cc2)C(Cc2ccccc2)C(=O)NCC(C)C)S(=O)(=O)c2ccc(C)cc2)c1. The van der Waals surface area contributed by atoms with Crippen LogP contribution < -0.4 is 19.1 Å². The second-order valence-electron chi connectivity index (χ2n) is 12.2. The summed E-state index contributed by atoms with van der Waals surface area (Å²) in [7, 11) is -1.40. The van der Waals surface area contributed by atoms with E-state index in [2.05, 4.69) is 5.32 Å². The highest BCUT2D eigenvalue weighted by Crippen LogP contribution is 2.36. The minimum absolute atomic E-state index is 0.00590. The molecule has 0 spiro atoms. The molecule has 0 radical (unpaired) electrons. The number of aryl methyl sites for hydroxylation is 2. The van der Waals surface area contributed by atoms with Gasteiger partial charge in [0.2, 0.25) is 11.8 Å². The van der Waals surface area contributed by atoms with Gasteiger partial charge in [0.15, 0.2) is 0 Å². The molecule has 0 saturated heterocycles. The number of methoxy groups -OCH3 is 2. The van der Waals surface area contributed by atoms with Crippen molar-refractivity contribution in [1.82, 2.24) is 10.2 Å². The highest BCUT2D eigenvalue weighted by Gasteiger charge is 2.35. The van der Waals surface area contributed by atoms with Gasteiger partial charge in [-0.2, -0.15) is 0 Å². The third kappa shape index (κ3) is 9.16. The molecule has 0 aliphatic carbocycles. The zero-order chi connectivity index (χ0) is 34.8. The van der Waals surface area contributed by atoms with E-state index in [0.717, 1.165) is 26.6 Å². The first kappa shape index (κ1) is 36.0. The number of benzene rings is 4.